The predicted molar refractivity (Wildman–Crippen MR) is 99.7 cm³/mol. The van der Waals surface area contributed by atoms with Gasteiger partial charge in [0, 0.05) is 19.0 Å². The van der Waals surface area contributed by atoms with Crippen molar-refractivity contribution in [3.63, 3.8) is 0 Å². The first-order valence-electron chi connectivity index (χ1n) is 8.87. The molecule has 1 saturated heterocycles. The van der Waals surface area contributed by atoms with Gasteiger partial charge in [-0.3, -0.25) is 4.79 Å². The Bertz CT molecular complexity index is 781. The van der Waals surface area contributed by atoms with Crippen molar-refractivity contribution in [3.8, 4) is 17.2 Å². The first-order valence-corrected chi connectivity index (χ1v) is 8.87. The van der Waals surface area contributed by atoms with Crippen molar-refractivity contribution >= 4 is 5.91 Å². The third kappa shape index (κ3) is 4.15. The van der Waals surface area contributed by atoms with Crippen LogP contribution < -0.4 is 14.2 Å². The Morgan fingerprint density at radius 3 is 2.19 bits per heavy atom. The Labute approximate surface area is 158 Å². The van der Waals surface area contributed by atoms with E-state index in [0.29, 0.717) is 36.8 Å². The second-order valence-electron chi connectivity index (χ2n) is 6.61. The average Bonchev–Trinajstić information content (AvgIpc) is 3.02. The van der Waals surface area contributed by atoms with Crippen LogP contribution in [0.2, 0.25) is 0 Å². The van der Waals surface area contributed by atoms with Gasteiger partial charge in [0.25, 0.3) is 0 Å². The molecule has 2 aromatic rings. The fourth-order valence-corrected chi connectivity index (χ4v) is 3.50. The summed E-state index contributed by atoms with van der Waals surface area (Å²) in [6.45, 7) is 1.18. The summed E-state index contributed by atoms with van der Waals surface area (Å²) in [6.07, 6.45) is 1.42. The number of halogens is 1. The Kier molecular flexibility index (Phi) is 5.84. The molecule has 1 amide bonds. The lowest BCUT2D eigenvalue weighted by Gasteiger charge is -2.19. The van der Waals surface area contributed by atoms with Crippen LogP contribution >= 0.6 is 0 Å². The quantitative estimate of drug-likeness (QED) is 0.746. The van der Waals surface area contributed by atoms with Crippen LogP contribution in [-0.4, -0.2) is 38.7 Å². The number of likely N-dealkylation sites (tertiary alicyclic amines) is 1. The number of rotatable bonds is 7. The molecule has 0 aliphatic carbocycles. The molecule has 3 rings (SSSR count). The van der Waals surface area contributed by atoms with Crippen LogP contribution in [0.1, 0.15) is 17.5 Å². The molecule has 0 radical (unpaired) electrons. The van der Waals surface area contributed by atoms with Gasteiger partial charge in [0.05, 0.1) is 21.3 Å². The summed E-state index contributed by atoms with van der Waals surface area (Å²) in [7, 11) is 4.70. The van der Waals surface area contributed by atoms with E-state index >= 15 is 0 Å². The molecule has 0 bridgehead atoms. The second kappa shape index (κ2) is 8.29. The van der Waals surface area contributed by atoms with E-state index in [1.807, 2.05) is 17.0 Å². The summed E-state index contributed by atoms with van der Waals surface area (Å²) in [5.74, 6) is 1.46. The third-order valence-corrected chi connectivity index (χ3v) is 4.90. The van der Waals surface area contributed by atoms with Crippen molar-refractivity contribution < 1.29 is 23.4 Å². The number of hydrogen-bond donors (Lipinski definition) is 0. The van der Waals surface area contributed by atoms with Gasteiger partial charge in [0.1, 0.15) is 5.82 Å². The van der Waals surface area contributed by atoms with Crippen LogP contribution in [0.25, 0.3) is 0 Å². The number of hydrogen-bond acceptors (Lipinski definition) is 4. The molecule has 1 aliphatic rings. The number of carbonyl (C=O) groups is 1. The summed E-state index contributed by atoms with van der Waals surface area (Å²) >= 11 is 0. The minimum atomic E-state index is -0.263. The standard InChI is InChI=1S/C21H24FNO4/c1-25-18-11-15(12-19(26-2)20(18)27-3)13-23-9-8-16(21(23)24)10-14-4-6-17(22)7-5-14/h4-7,11-12,16H,8-10,13H2,1-3H3. The first-order chi connectivity index (χ1) is 13.0. The topological polar surface area (TPSA) is 48.0 Å². The molecule has 2 aromatic carbocycles. The van der Waals surface area contributed by atoms with Gasteiger partial charge in [-0.05, 0) is 48.2 Å². The fourth-order valence-electron chi connectivity index (χ4n) is 3.50. The molecule has 6 heteroatoms. The number of nitrogens with zero attached hydrogens (tertiary/aromatic N) is 1. The van der Waals surface area contributed by atoms with Gasteiger partial charge in [-0.25, -0.2) is 4.39 Å². The zero-order valence-electron chi connectivity index (χ0n) is 15.8. The van der Waals surface area contributed by atoms with Crippen molar-refractivity contribution in [1.82, 2.24) is 4.90 Å². The molecule has 1 unspecified atom stereocenters. The lowest BCUT2D eigenvalue weighted by Crippen LogP contribution is -2.27. The lowest BCUT2D eigenvalue weighted by atomic mass is 9.98. The van der Waals surface area contributed by atoms with E-state index < -0.39 is 0 Å². The van der Waals surface area contributed by atoms with Gasteiger partial charge in [0.15, 0.2) is 11.5 Å². The van der Waals surface area contributed by atoms with Crippen molar-refractivity contribution in [2.75, 3.05) is 27.9 Å². The van der Waals surface area contributed by atoms with E-state index in [1.165, 1.54) is 12.1 Å². The summed E-state index contributed by atoms with van der Waals surface area (Å²) in [4.78, 5) is 14.6. The highest BCUT2D eigenvalue weighted by Gasteiger charge is 2.31. The summed E-state index contributed by atoms with van der Waals surface area (Å²) in [5, 5.41) is 0. The van der Waals surface area contributed by atoms with Gasteiger partial charge in [-0.15, -0.1) is 0 Å². The van der Waals surface area contributed by atoms with Gasteiger partial charge >= 0.3 is 0 Å². The minimum absolute atomic E-state index is 0.0718. The fraction of sp³-hybridized carbons (Fsp3) is 0.381. The molecule has 1 heterocycles. The van der Waals surface area contributed by atoms with Crippen molar-refractivity contribution in [1.29, 1.82) is 0 Å². The number of amides is 1. The highest BCUT2D eigenvalue weighted by atomic mass is 19.1. The van der Waals surface area contributed by atoms with E-state index in [1.54, 1.807) is 33.5 Å². The van der Waals surface area contributed by atoms with Crippen LogP contribution in [0.4, 0.5) is 4.39 Å². The molecular weight excluding hydrogens is 349 g/mol. The van der Waals surface area contributed by atoms with E-state index in [9.17, 15) is 9.18 Å². The maximum absolute atomic E-state index is 13.1. The van der Waals surface area contributed by atoms with E-state index in [0.717, 1.165) is 17.5 Å². The predicted octanol–water partition coefficient (Wildman–Crippen LogP) is 3.44. The first kappa shape index (κ1) is 19.0. The normalized spacial score (nSPS) is 16.5. The van der Waals surface area contributed by atoms with Gasteiger partial charge in [-0.2, -0.15) is 0 Å². The van der Waals surface area contributed by atoms with Crippen LogP contribution in [-0.2, 0) is 17.8 Å². The minimum Gasteiger partial charge on any atom is -0.493 e. The number of benzene rings is 2. The molecule has 5 nitrogen and oxygen atoms in total. The third-order valence-electron chi connectivity index (χ3n) is 4.90. The monoisotopic (exact) mass is 373 g/mol. The lowest BCUT2D eigenvalue weighted by molar-refractivity contribution is -0.131. The number of carbonyl (C=O) groups excluding carboxylic acids is 1. The molecular formula is C21H24FNO4. The van der Waals surface area contributed by atoms with Crippen LogP contribution in [0.15, 0.2) is 36.4 Å². The maximum atomic E-state index is 13.1. The van der Waals surface area contributed by atoms with Crippen molar-refractivity contribution in [2.24, 2.45) is 5.92 Å². The molecule has 0 aromatic heterocycles. The van der Waals surface area contributed by atoms with Crippen LogP contribution in [0.5, 0.6) is 17.2 Å². The zero-order valence-corrected chi connectivity index (χ0v) is 15.8. The Morgan fingerprint density at radius 1 is 1.00 bits per heavy atom. The molecule has 0 saturated carbocycles. The number of methoxy groups -OCH3 is 3. The Balaban J connectivity index is 1.71. The molecule has 0 spiro atoms. The highest BCUT2D eigenvalue weighted by molar-refractivity contribution is 5.81. The maximum Gasteiger partial charge on any atom is 0.226 e. The van der Waals surface area contributed by atoms with Crippen molar-refractivity contribution in [2.45, 2.75) is 19.4 Å². The highest BCUT2D eigenvalue weighted by Crippen LogP contribution is 2.38. The molecule has 27 heavy (non-hydrogen) atoms. The summed E-state index contributed by atoms with van der Waals surface area (Å²) < 4.78 is 29.2. The average molecular weight is 373 g/mol. The van der Waals surface area contributed by atoms with Crippen molar-refractivity contribution in [3.05, 3.63) is 53.3 Å². The van der Waals surface area contributed by atoms with Gasteiger partial charge < -0.3 is 19.1 Å². The zero-order chi connectivity index (χ0) is 19.4. The van der Waals surface area contributed by atoms with Crippen LogP contribution in [0.3, 0.4) is 0 Å². The largest absolute Gasteiger partial charge is 0.493 e. The van der Waals surface area contributed by atoms with E-state index in [2.05, 4.69) is 0 Å². The Morgan fingerprint density at radius 2 is 1.63 bits per heavy atom. The SMILES string of the molecule is COc1cc(CN2CCC(Cc3ccc(F)cc3)C2=O)cc(OC)c1OC. The number of ether oxygens (including phenoxy) is 3. The Hall–Kier alpha value is -2.76. The van der Waals surface area contributed by atoms with E-state index in [4.69, 9.17) is 14.2 Å². The van der Waals surface area contributed by atoms with Gasteiger partial charge in [0.2, 0.25) is 11.7 Å². The summed E-state index contributed by atoms with van der Waals surface area (Å²) in [6, 6.07) is 10.1. The molecule has 144 valence electrons. The molecule has 0 N–H and O–H groups in total. The molecule has 1 fully saturated rings. The van der Waals surface area contributed by atoms with Gasteiger partial charge in [-0.1, -0.05) is 12.1 Å². The van der Waals surface area contributed by atoms with Crippen LogP contribution in [0, 0.1) is 11.7 Å². The smallest absolute Gasteiger partial charge is 0.226 e. The summed E-state index contributed by atoms with van der Waals surface area (Å²) in [5.41, 5.74) is 1.89. The molecule has 1 aliphatic heterocycles. The van der Waals surface area contributed by atoms with E-state index in [-0.39, 0.29) is 17.6 Å². The molecule has 1 atom stereocenters. The second-order valence-corrected chi connectivity index (χ2v) is 6.61.